The van der Waals surface area contributed by atoms with Crippen LogP contribution in [0.2, 0.25) is 5.02 Å². The Morgan fingerprint density at radius 2 is 1.85 bits per heavy atom. The van der Waals surface area contributed by atoms with E-state index in [2.05, 4.69) is 5.32 Å². The predicted octanol–water partition coefficient (Wildman–Crippen LogP) is 1.24. The van der Waals surface area contributed by atoms with Crippen LogP contribution in [-0.2, 0) is 16.6 Å². The van der Waals surface area contributed by atoms with Crippen LogP contribution in [-0.4, -0.2) is 58.9 Å². The molecule has 1 aromatic rings. The van der Waals surface area contributed by atoms with Crippen LogP contribution in [0.1, 0.15) is 5.56 Å². The van der Waals surface area contributed by atoms with Gasteiger partial charge in [0, 0.05) is 26.7 Å². The summed E-state index contributed by atoms with van der Waals surface area (Å²) >= 11 is 6.05. The average molecular weight is 320 g/mol. The molecule has 1 N–H and O–H groups in total. The van der Waals surface area contributed by atoms with Crippen LogP contribution in [0, 0.1) is 0 Å². The molecule has 0 aromatic heterocycles. The predicted molar refractivity (Wildman–Crippen MR) is 82.6 cm³/mol. The summed E-state index contributed by atoms with van der Waals surface area (Å²) in [5, 5.41) is 3.24. The number of benzene rings is 1. The normalized spacial score (nSPS) is 12.3. The summed E-state index contributed by atoms with van der Waals surface area (Å²) in [5.74, 6) is 0. The lowest BCUT2D eigenvalue weighted by Gasteiger charge is -2.20. The van der Waals surface area contributed by atoms with E-state index in [9.17, 15) is 8.42 Å². The van der Waals surface area contributed by atoms with Gasteiger partial charge in [-0.1, -0.05) is 17.7 Å². The highest BCUT2D eigenvalue weighted by atomic mass is 35.5. The number of nitrogens with zero attached hydrogens (tertiary/aromatic N) is 2. The van der Waals surface area contributed by atoms with Crippen molar-refractivity contribution >= 4 is 21.6 Å². The number of sulfonamides is 1. The van der Waals surface area contributed by atoms with Gasteiger partial charge in [-0.2, -0.15) is 4.31 Å². The van der Waals surface area contributed by atoms with E-state index in [1.807, 2.05) is 32.1 Å². The van der Waals surface area contributed by atoms with E-state index in [1.54, 1.807) is 19.2 Å². The molecule has 1 rings (SSSR count). The van der Waals surface area contributed by atoms with Crippen molar-refractivity contribution in [1.29, 1.82) is 0 Å². The summed E-state index contributed by atoms with van der Waals surface area (Å²) < 4.78 is 26.4. The molecule has 0 fully saturated rings. The Labute approximate surface area is 126 Å². The molecule has 0 spiro atoms. The first-order valence-corrected chi connectivity index (χ1v) is 8.15. The van der Waals surface area contributed by atoms with Gasteiger partial charge in [0.15, 0.2) is 0 Å². The molecule has 0 heterocycles. The van der Waals surface area contributed by atoms with Gasteiger partial charge in [-0.05, 0) is 38.8 Å². The Morgan fingerprint density at radius 3 is 2.40 bits per heavy atom. The molecule has 0 radical (unpaired) electrons. The third kappa shape index (κ3) is 4.43. The fourth-order valence-corrected chi connectivity index (χ4v) is 3.37. The molecule has 7 heteroatoms. The first-order chi connectivity index (χ1) is 9.28. The van der Waals surface area contributed by atoms with E-state index in [1.165, 1.54) is 4.31 Å². The fourth-order valence-electron chi connectivity index (χ4n) is 1.69. The number of hydrogen-bond acceptors (Lipinski definition) is 4. The lowest BCUT2D eigenvalue weighted by atomic mass is 10.2. The third-order valence-corrected chi connectivity index (χ3v) is 5.27. The molecule has 20 heavy (non-hydrogen) atoms. The van der Waals surface area contributed by atoms with Crippen LogP contribution < -0.4 is 5.32 Å². The van der Waals surface area contributed by atoms with Crippen LogP contribution in [0.3, 0.4) is 0 Å². The molecule has 5 nitrogen and oxygen atoms in total. The Hall–Kier alpha value is -0.660. The van der Waals surface area contributed by atoms with Gasteiger partial charge in [0.1, 0.15) is 4.90 Å². The second-order valence-corrected chi connectivity index (χ2v) is 7.35. The number of rotatable bonds is 7. The van der Waals surface area contributed by atoms with Crippen molar-refractivity contribution < 1.29 is 8.42 Å². The van der Waals surface area contributed by atoms with Gasteiger partial charge < -0.3 is 10.2 Å². The molecule has 0 amide bonds. The zero-order valence-electron chi connectivity index (χ0n) is 12.4. The number of likely N-dealkylation sites (N-methyl/N-ethyl adjacent to an activating group) is 2. The van der Waals surface area contributed by atoms with Gasteiger partial charge in [0.2, 0.25) is 10.0 Å². The number of halogens is 1. The van der Waals surface area contributed by atoms with Crippen LogP contribution in [0.4, 0.5) is 0 Å². The minimum absolute atomic E-state index is 0.160. The maximum atomic E-state index is 12.5. The Morgan fingerprint density at radius 1 is 1.20 bits per heavy atom. The molecule has 0 aliphatic heterocycles. The van der Waals surface area contributed by atoms with Crippen molar-refractivity contribution in [3.8, 4) is 0 Å². The molecule has 0 atom stereocenters. The Balaban J connectivity index is 3.04. The summed E-state index contributed by atoms with van der Waals surface area (Å²) in [6.07, 6.45) is 0. The van der Waals surface area contributed by atoms with Crippen molar-refractivity contribution in [2.75, 3.05) is 41.3 Å². The summed E-state index contributed by atoms with van der Waals surface area (Å²) in [7, 11) is 3.63. The maximum absolute atomic E-state index is 12.5. The van der Waals surface area contributed by atoms with Crippen LogP contribution in [0.25, 0.3) is 0 Å². The highest BCUT2D eigenvalue weighted by molar-refractivity contribution is 7.89. The molecular formula is C13H22ClN3O2S. The summed E-state index contributed by atoms with van der Waals surface area (Å²) in [6, 6.07) is 5.07. The molecule has 1 aromatic carbocycles. The largest absolute Gasteiger partial charge is 0.316 e. The van der Waals surface area contributed by atoms with Crippen molar-refractivity contribution in [2.45, 2.75) is 11.4 Å². The summed E-state index contributed by atoms with van der Waals surface area (Å²) in [4.78, 5) is 2.10. The topological polar surface area (TPSA) is 52.7 Å². The molecule has 0 saturated carbocycles. The smallest absolute Gasteiger partial charge is 0.244 e. The third-order valence-electron chi connectivity index (χ3n) is 2.93. The van der Waals surface area contributed by atoms with Gasteiger partial charge in [0.25, 0.3) is 0 Å². The molecule has 0 aliphatic rings. The molecule has 0 saturated heterocycles. The van der Waals surface area contributed by atoms with E-state index >= 15 is 0 Å². The first kappa shape index (κ1) is 17.4. The number of hydrogen-bond donors (Lipinski definition) is 1. The zero-order valence-corrected chi connectivity index (χ0v) is 13.9. The van der Waals surface area contributed by atoms with E-state index in [-0.39, 0.29) is 9.92 Å². The highest BCUT2D eigenvalue weighted by Crippen LogP contribution is 2.25. The molecular weight excluding hydrogens is 298 g/mol. The van der Waals surface area contributed by atoms with Crippen LogP contribution >= 0.6 is 11.6 Å². The van der Waals surface area contributed by atoms with Gasteiger partial charge in [0.05, 0.1) is 5.02 Å². The monoisotopic (exact) mass is 319 g/mol. The van der Waals surface area contributed by atoms with Crippen molar-refractivity contribution in [1.82, 2.24) is 14.5 Å². The first-order valence-electron chi connectivity index (χ1n) is 6.33. The molecule has 114 valence electrons. The van der Waals surface area contributed by atoms with Crippen LogP contribution in [0.15, 0.2) is 23.1 Å². The van der Waals surface area contributed by atoms with Crippen molar-refractivity contribution in [3.63, 3.8) is 0 Å². The highest BCUT2D eigenvalue weighted by Gasteiger charge is 2.23. The van der Waals surface area contributed by atoms with Gasteiger partial charge >= 0.3 is 0 Å². The summed E-state index contributed by atoms with van der Waals surface area (Å²) in [5.41, 5.74) is 0.886. The van der Waals surface area contributed by atoms with Crippen molar-refractivity contribution in [3.05, 3.63) is 28.8 Å². The SMILES string of the molecule is CNCc1ccc(Cl)c(S(=O)(=O)N(C)CCN(C)C)c1. The number of nitrogens with one attached hydrogen (secondary N) is 1. The standard InChI is InChI=1S/C13H22ClN3O2S/c1-15-10-11-5-6-12(14)13(9-11)20(18,19)17(4)8-7-16(2)3/h5-6,9,15H,7-8,10H2,1-4H3. The Kier molecular flexibility index (Phi) is 6.42. The fraction of sp³-hybridized carbons (Fsp3) is 0.538. The van der Waals surface area contributed by atoms with Gasteiger partial charge in [-0.25, -0.2) is 8.42 Å². The molecule has 0 bridgehead atoms. The maximum Gasteiger partial charge on any atom is 0.244 e. The second kappa shape index (κ2) is 7.38. The van der Waals surface area contributed by atoms with Crippen LogP contribution in [0.5, 0.6) is 0 Å². The minimum Gasteiger partial charge on any atom is -0.316 e. The van der Waals surface area contributed by atoms with Crippen molar-refractivity contribution in [2.24, 2.45) is 0 Å². The quantitative estimate of drug-likeness (QED) is 0.821. The van der Waals surface area contributed by atoms with E-state index < -0.39 is 10.0 Å². The lowest BCUT2D eigenvalue weighted by Crippen LogP contribution is -2.33. The van der Waals surface area contributed by atoms with Gasteiger partial charge in [-0.15, -0.1) is 0 Å². The molecule has 0 aliphatic carbocycles. The Bertz CT molecular complexity index is 547. The molecule has 0 unspecified atom stereocenters. The summed E-state index contributed by atoms with van der Waals surface area (Å²) in [6.45, 7) is 1.67. The van der Waals surface area contributed by atoms with Gasteiger partial charge in [-0.3, -0.25) is 0 Å². The average Bonchev–Trinajstić information content (AvgIpc) is 2.38. The minimum atomic E-state index is -3.56. The lowest BCUT2D eigenvalue weighted by molar-refractivity contribution is 0.358. The zero-order chi connectivity index (χ0) is 15.3. The second-order valence-electron chi connectivity index (χ2n) is 4.92. The van der Waals surface area contributed by atoms with E-state index in [0.717, 1.165) is 5.56 Å². The van der Waals surface area contributed by atoms with E-state index in [0.29, 0.717) is 19.6 Å². The van der Waals surface area contributed by atoms with E-state index in [4.69, 9.17) is 11.6 Å².